The standard InChI is InChI=1S/C21H18BrCl2NO2/c1-26-20-8-15(12-25-18-10-16(23)9-17(24)11-18)7-19(22)21(20)27-13-14-5-3-2-4-6-14/h2-11,25H,12-13H2,1H3. The van der Waals surface area contributed by atoms with Gasteiger partial charge < -0.3 is 14.8 Å². The number of anilines is 1. The summed E-state index contributed by atoms with van der Waals surface area (Å²) in [6, 6.07) is 19.3. The molecule has 0 fully saturated rings. The van der Waals surface area contributed by atoms with Gasteiger partial charge in [-0.25, -0.2) is 0 Å². The van der Waals surface area contributed by atoms with Crippen LogP contribution in [0.1, 0.15) is 11.1 Å². The first-order chi connectivity index (χ1) is 13.0. The van der Waals surface area contributed by atoms with Crippen molar-refractivity contribution in [3.8, 4) is 11.5 Å². The van der Waals surface area contributed by atoms with E-state index >= 15 is 0 Å². The molecule has 27 heavy (non-hydrogen) atoms. The minimum Gasteiger partial charge on any atom is -0.493 e. The molecule has 0 heterocycles. The van der Waals surface area contributed by atoms with Crippen molar-refractivity contribution in [2.45, 2.75) is 13.2 Å². The van der Waals surface area contributed by atoms with Crippen LogP contribution in [0.2, 0.25) is 10.0 Å². The highest BCUT2D eigenvalue weighted by Crippen LogP contribution is 2.37. The Hall–Kier alpha value is -1.88. The van der Waals surface area contributed by atoms with Gasteiger partial charge in [0, 0.05) is 22.3 Å². The highest BCUT2D eigenvalue weighted by atomic mass is 79.9. The maximum atomic E-state index is 6.04. The lowest BCUT2D eigenvalue weighted by Crippen LogP contribution is -2.03. The van der Waals surface area contributed by atoms with E-state index in [0.717, 1.165) is 21.3 Å². The van der Waals surface area contributed by atoms with Crippen LogP contribution in [-0.2, 0) is 13.2 Å². The fourth-order valence-corrected chi connectivity index (χ4v) is 3.74. The van der Waals surface area contributed by atoms with E-state index in [0.29, 0.717) is 34.7 Å². The lowest BCUT2D eigenvalue weighted by atomic mass is 10.2. The molecule has 0 aliphatic heterocycles. The molecule has 0 amide bonds. The molecule has 0 atom stereocenters. The third-order valence-corrected chi connectivity index (χ3v) is 4.90. The zero-order valence-corrected chi connectivity index (χ0v) is 17.7. The second-order valence-electron chi connectivity index (χ2n) is 5.89. The maximum absolute atomic E-state index is 6.04. The van der Waals surface area contributed by atoms with Crippen molar-refractivity contribution in [3.05, 3.63) is 86.3 Å². The van der Waals surface area contributed by atoms with Crippen LogP contribution >= 0.6 is 39.1 Å². The van der Waals surface area contributed by atoms with E-state index < -0.39 is 0 Å². The minimum atomic E-state index is 0.467. The van der Waals surface area contributed by atoms with Gasteiger partial charge in [0.2, 0.25) is 0 Å². The zero-order chi connectivity index (χ0) is 19.2. The molecule has 3 aromatic rings. The normalized spacial score (nSPS) is 10.5. The van der Waals surface area contributed by atoms with Crippen molar-refractivity contribution in [3.63, 3.8) is 0 Å². The molecule has 3 rings (SSSR count). The zero-order valence-electron chi connectivity index (χ0n) is 14.6. The molecule has 0 unspecified atom stereocenters. The Morgan fingerprint density at radius 1 is 0.926 bits per heavy atom. The number of methoxy groups -OCH3 is 1. The number of halogens is 3. The fraction of sp³-hybridized carbons (Fsp3) is 0.143. The number of benzene rings is 3. The molecule has 0 aliphatic carbocycles. The van der Waals surface area contributed by atoms with E-state index in [-0.39, 0.29) is 0 Å². The second kappa shape index (κ2) is 9.36. The van der Waals surface area contributed by atoms with Crippen LogP contribution in [0.25, 0.3) is 0 Å². The van der Waals surface area contributed by atoms with Crippen LogP contribution in [0, 0.1) is 0 Å². The van der Waals surface area contributed by atoms with Crippen LogP contribution in [0.5, 0.6) is 11.5 Å². The van der Waals surface area contributed by atoms with Gasteiger partial charge in [-0.15, -0.1) is 0 Å². The molecule has 3 aromatic carbocycles. The molecule has 6 heteroatoms. The van der Waals surface area contributed by atoms with Gasteiger partial charge in [-0.3, -0.25) is 0 Å². The quantitative estimate of drug-likeness (QED) is 0.408. The van der Waals surface area contributed by atoms with Crippen molar-refractivity contribution in [1.82, 2.24) is 0 Å². The molecule has 0 aromatic heterocycles. The van der Waals surface area contributed by atoms with Gasteiger partial charge in [0.1, 0.15) is 6.61 Å². The maximum Gasteiger partial charge on any atom is 0.175 e. The largest absolute Gasteiger partial charge is 0.493 e. The molecule has 140 valence electrons. The molecule has 0 spiro atoms. The Morgan fingerprint density at radius 2 is 1.63 bits per heavy atom. The van der Waals surface area contributed by atoms with Gasteiger partial charge in [0.05, 0.1) is 11.6 Å². The van der Waals surface area contributed by atoms with Crippen molar-refractivity contribution in [1.29, 1.82) is 0 Å². The van der Waals surface area contributed by atoms with Crippen LogP contribution < -0.4 is 14.8 Å². The van der Waals surface area contributed by atoms with Crippen LogP contribution in [0.3, 0.4) is 0 Å². The predicted molar refractivity (Wildman–Crippen MR) is 115 cm³/mol. The van der Waals surface area contributed by atoms with Crippen LogP contribution in [-0.4, -0.2) is 7.11 Å². The highest BCUT2D eigenvalue weighted by Gasteiger charge is 2.12. The van der Waals surface area contributed by atoms with Gasteiger partial charge in [0.15, 0.2) is 11.5 Å². The van der Waals surface area contributed by atoms with Crippen molar-refractivity contribution >= 4 is 44.8 Å². The minimum absolute atomic E-state index is 0.467. The summed E-state index contributed by atoms with van der Waals surface area (Å²) >= 11 is 15.7. The lowest BCUT2D eigenvalue weighted by Gasteiger charge is -2.15. The van der Waals surface area contributed by atoms with Gasteiger partial charge >= 0.3 is 0 Å². The molecule has 1 N–H and O–H groups in total. The van der Waals surface area contributed by atoms with E-state index in [4.69, 9.17) is 32.7 Å². The summed E-state index contributed by atoms with van der Waals surface area (Å²) in [5.41, 5.74) is 2.98. The molecule has 0 saturated carbocycles. The van der Waals surface area contributed by atoms with E-state index in [9.17, 15) is 0 Å². The molecular weight excluding hydrogens is 449 g/mol. The molecule has 0 bridgehead atoms. The van der Waals surface area contributed by atoms with E-state index in [1.54, 1.807) is 13.2 Å². The molecule has 0 radical (unpaired) electrons. The number of hydrogen-bond donors (Lipinski definition) is 1. The summed E-state index contributed by atoms with van der Waals surface area (Å²) in [5, 5.41) is 4.49. The van der Waals surface area contributed by atoms with Crippen molar-refractivity contribution < 1.29 is 9.47 Å². The van der Waals surface area contributed by atoms with E-state index in [1.807, 2.05) is 54.6 Å². The topological polar surface area (TPSA) is 30.5 Å². The first kappa shape index (κ1) is 19.9. The van der Waals surface area contributed by atoms with Gasteiger partial charge in [-0.05, 0) is 57.4 Å². The average Bonchev–Trinajstić information content (AvgIpc) is 2.65. The molecule has 0 saturated heterocycles. The van der Waals surface area contributed by atoms with Crippen molar-refractivity contribution in [2.24, 2.45) is 0 Å². The molecule has 3 nitrogen and oxygen atoms in total. The summed E-state index contributed by atoms with van der Waals surface area (Å²) < 4.78 is 12.3. The monoisotopic (exact) mass is 465 g/mol. The Morgan fingerprint density at radius 3 is 2.30 bits per heavy atom. The third kappa shape index (κ3) is 5.55. The summed E-state index contributed by atoms with van der Waals surface area (Å²) in [5.74, 6) is 1.34. The fourth-order valence-electron chi connectivity index (χ4n) is 2.61. The lowest BCUT2D eigenvalue weighted by molar-refractivity contribution is 0.282. The first-order valence-electron chi connectivity index (χ1n) is 8.28. The first-order valence-corrected chi connectivity index (χ1v) is 9.83. The van der Waals surface area contributed by atoms with Gasteiger partial charge in [0.25, 0.3) is 0 Å². The van der Waals surface area contributed by atoms with Crippen LogP contribution in [0.15, 0.2) is 65.1 Å². The van der Waals surface area contributed by atoms with Gasteiger partial charge in [-0.1, -0.05) is 53.5 Å². The van der Waals surface area contributed by atoms with Crippen LogP contribution in [0.4, 0.5) is 5.69 Å². The number of hydrogen-bond acceptors (Lipinski definition) is 3. The van der Waals surface area contributed by atoms with E-state index in [1.165, 1.54) is 0 Å². The summed E-state index contributed by atoms with van der Waals surface area (Å²) in [6.45, 7) is 1.05. The number of rotatable bonds is 7. The third-order valence-electron chi connectivity index (χ3n) is 3.87. The summed E-state index contributed by atoms with van der Waals surface area (Å²) in [7, 11) is 1.63. The predicted octanol–water partition coefficient (Wildman–Crippen LogP) is 6.96. The number of ether oxygens (including phenoxy) is 2. The Labute approximate surface area is 177 Å². The summed E-state index contributed by atoms with van der Waals surface area (Å²) in [4.78, 5) is 0. The van der Waals surface area contributed by atoms with E-state index in [2.05, 4.69) is 21.2 Å². The van der Waals surface area contributed by atoms with Crippen molar-refractivity contribution in [2.75, 3.05) is 12.4 Å². The second-order valence-corrected chi connectivity index (χ2v) is 7.62. The molecule has 0 aliphatic rings. The summed E-state index contributed by atoms with van der Waals surface area (Å²) in [6.07, 6.45) is 0. The van der Waals surface area contributed by atoms with Gasteiger partial charge in [-0.2, -0.15) is 0 Å². The SMILES string of the molecule is COc1cc(CNc2cc(Cl)cc(Cl)c2)cc(Br)c1OCc1ccccc1. The molecular formula is C21H18BrCl2NO2. The smallest absolute Gasteiger partial charge is 0.175 e. The number of nitrogens with one attached hydrogen (secondary N) is 1. The Bertz CT molecular complexity index is 899. The Balaban J connectivity index is 1.73. The highest BCUT2D eigenvalue weighted by molar-refractivity contribution is 9.10. The average molecular weight is 467 g/mol. The Kier molecular flexibility index (Phi) is 6.89.